The van der Waals surface area contributed by atoms with Crippen molar-refractivity contribution in [3.8, 4) is 0 Å². The number of ether oxygens (including phenoxy) is 1. The maximum Gasteiger partial charge on any atom is 0.365 e. The van der Waals surface area contributed by atoms with Crippen LogP contribution in [0.1, 0.15) is 5.56 Å². The van der Waals surface area contributed by atoms with E-state index in [2.05, 4.69) is 10.3 Å². The molecule has 7 nitrogen and oxygen atoms in total. The summed E-state index contributed by atoms with van der Waals surface area (Å²) in [5, 5.41) is 3.71. The average Bonchev–Trinajstić information content (AvgIpc) is 3.09. The molecule has 0 aliphatic carbocycles. The van der Waals surface area contributed by atoms with Crippen molar-refractivity contribution in [2.75, 3.05) is 31.5 Å². The second kappa shape index (κ2) is 8.77. The smallest absolute Gasteiger partial charge is 0.365 e. The number of anilines is 1. The third kappa shape index (κ3) is 4.58. The third-order valence-electron chi connectivity index (χ3n) is 4.71. The van der Waals surface area contributed by atoms with E-state index in [1.807, 2.05) is 35.2 Å². The van der Waals surface area contributed by atoms with Gasteiger partial charge >= 0.3 is 12.0 Å². The highest BCUT2D eigenvalue weighted by Crippen LogP contribution is 2.25. The van der Waals surface area contributed by atoms with Crippen LogP contribution in [-0.2, 0) is 9.53 Å². The lowest BCUT2D eigenvalue weighted by atomic mass is 10.2. The maximum absolute atomic E-state index is 12.4. The van der Waals surface area contributed by atoms with E-state index in [0.717, 1.165) is 5.69 Å². The summed E-state index contributed by atoms with van der Waals surface area (Å²) < 4.78 is 5.26. The van der Waals surface area contributed by atoms with Gasteiger partial charge in [0, 0.05) is 43.1 Å². The van der Waals surface area contributed by atoms with E-state index in [1.54, 1.807) is 29.3 Å². The molecular weight excluding hydrogens is 427 g/mol. The highest BCUT2D eigenvalue weighted by atomic mass is 35.5. The second-order valence-corrected chi connectivity index (χ2v) is 7.61. The van der Waals surface area contributed by atoms with Crippen LogP contribution in [0.15, 0.2) is 65.4 Å². The minimum atomic E-state index is -0.541. The van der Waals surface area contributed by atoms with Crippen molar-refractivity contribution in [1.29, 1.82) is 0 Å². The summed E-state index contributed by atoms with van der Waals surface area (Å²) in [6.45, 7) is 2.20. The molecule has 0 atom stereocenters. The number of hydrogen-bond donors (Lipinski definition) is 1. The first-order valence-electron chi connectivity index (χ1n) is 9.33. The number of piperazine rings is 1. The Bertz CT molecular complexity index is 1030. The fourth-order valence-electron chi connectivity index (χ4n) is 3.13. The number of aliphatic imine (C=N–C) groups is 1. The lowest BCUT2D eigenvalue weighted by Crippen LogP contribution is -2.48. The molecule has 154 valence electrons. The summed E-state index contributed by atoms with van der Waals surface area (Å²) in [7, 11) is 0. The van der Waals surface area contributed by atoms with Crippen molar-refractivity contribution >= 4 is 46.8 Å². The Morgan fingerprint density at radius 1 is 1.07 bits per heavy atom. The summed E-state index contributed by atoms with van der Waals surface area (Å²) in [5.41, 5.74) is 1.45. The van der Waals surface area contributed by atoms with Gasteiger partial charge in [0.15, 0.2) is 5.70 Å². The van der Waals surface area contributed by atoms with Gasteiger partial charge in [-0.3, -0.25) is 0 Å². The number of rotatable bonds is 3. The standard InChI is InChI=1S/C21H18Cl2N4O3/c22-14-6-7-16(17(23)12-14)19-25-18(20(28)30-19)13-26-8-10-27(11-9-26)21(29)24-15-4-2-1-3-5-15/h1-7,12-13H,8-11H2,(H,24,29). The average molecular weight is 445 g/mol. The van der Waals surface area contributed by atoms with Crippen LogP contribution in [0.4, 0.5) is 10.5 Å². The van der Waals surface area contributed by atoms with Crippen molar-refractivity contribution < 1.29 is 14.3 Å². The molecule has 2 amide bonds. The van der Waals surface area contributed by atoms with E-state index in [1.165, 1.54) is 0 Å². The van der Waals surface area contributed by atoms with E-state index < -0.39 is 5.97 Å². The van der Waals surface area contributed by atoms with E-state index in [0.29, 0.717) is 41.8 Å². The zero-order valence-corrected chi connectivity index (χ0v) is 17.4. The van der Waals surface area contributed by atoms with Gasteiger partial charge in [0.2, 0.25) is 5.90 Å². The molecule has 0 radical (unpaired) electrons. The number of carbonyl (C=O) groups excluding carboxylic acids is 2. The first-order valence-corrected chi connectivity index (χ1v) is 10.1. The molecule has 0 bridgehead atoms. The van der Waals surface area contributed by atoms with E-state index in [9.17, 15) is 9.59 Å². The molecule has 1 fully saturated rings. The monoisotopic (exact) mass is 444 g/mol. The predicted octanol–water partition coefficient (Wildman–Crippen LogP) is 3.99. The number of para-hydroxylation sites is 1. The van der Waals surface area contributed by atoms with Crippen molar-refractivity contribution in [1.82, 2.24) is 9.80 Å². The van der Waals surface area contributed by atoms with Crippen molar-refractivity contribution in [2.45, 2.75) is 0 Å². The molecule has 1 saturated heterocycles. The van der Waals surface area contributed by atoms with Gasteiger partial charge in [-0.15, -0.1) is 0 Å². The molecule has 0 saturated carbocycles. The Morgan fingerprint density at radius 3 is 2.50 bits per heavy atom. The van der Waals surface area contributed by atoms with Crippen LogP contribution in [0.2, 0.25) is 10.0 Å². The molecule has 2 aliphatic rings. The molecule has 2 aromatic carbocycles. The summed E-state index contributed by atoms with van der Waals surface area (Å²) >= 11 is 12.1. The number of amides is 2. The van der Waals surface area contributed by atoms with E-state index >= 15 is 0 Å². The van der Waals surface area contributed by atoms with Crippen molar-refractivity contribution in [3.63, 3.8) is 0 Å². The Kier molecular flexibility index (Phi) is 5.92. The van der Waals surface area contributed by atoms with E-state index in [4.69, 9.17) is 27.9 Å². The van der Waals surface area contributed by atoms with Crippen LogP contribution in [-0.4, -0.2) is 53.9 Å². The van der Waals surface area contributed by atoms with Gasteiger partial charge in [-0.05, 0) is 30.3 Å². The molecule has 30 heavy (non-hydrogen) atoms. The molecular formula is C21H18Cl2N4O3. The lowest BCUT2D eigenvalue weighted by molar-refractivity contribution is -0.130. The zero-order chi connectivity index (χ0) is 21.1. The Morgan fingerprint density at radius 2 is 1.80 bits per heavy atom. The number of cyclic esters (lactones) is 1. The topological polar surface area (TPSA) is 74.2 Å². The van der Waals surface area contributed by atoms with Gasteiger partial charge in [-0.1, -0.05) is 41.4 Å². The zero-order valence-electron chi connectivity index (χ0n) is 15.8. The van der Waals surface area contributed by atoms with Gasteiger partial charge < -0.3 is 19.9 Å². The van der Waals surface area contributed by atoms with Gasteiger partial charge in [0.1, 0.15) is 0 Å². The first-order chi connectivity index (χ1) is 14.5. The fourth-order valence-corrected chi connectivity index (χ4v) is 3.62. The number of urea groups is 1. The third-order valence-corrected chi connectivity index (χ3v) is 5.26. The number of carbonyl (C=O) groups is 2. The highest BCUT2D eigenvalue weighted by Gasteiger charge is 2.27. The number of hydrogen-bond acceptors (Lipinski definition) is 5. The molecule has 0 unspecified atom stereocenters. The molecule has 0 aromatic heterocycles. The highest BCUT2D eigenvalue weighted by molar-refractivity contribution is 6.37. The maximum atomic E-state index is 12.4. The summed E-state index contributed by atoms with van der Waals surface area (Å²) in [6.07, 6.45) is 1.66. The molecule has 0 spiro atoms. The van der Waals surface area contributed by atoms with Crippen molar-refractivity contribution in [2.24, 2.45) is 4.99 Å². The van der Waals surface area contributed by atoms with Crippen LogP contribution in [0.5, 0.6) is 0 Å². The molecule has 9 heteroatoms. The Balaban J connectivity index is 1.38. The predicted molar refractivity (Wildman–Crippen MR) is 116 cm³/mol. The second-order valence-electron chi connectivity index (χ2n) is 6.76. The number of benzene rings is 2. The van der Waals surface area contributed by atoms with E-state index in [-0.39, 0.29) is 17.6 Å². The molecule has 4 rings (SSSR count). The largest absolute Gasteiger partial charge is 0.402 e. The fraction of sp³-hybridized carbons (Fsp3) is 0.190. The quantitative estimate of drug-likeness (QED) is 0.573. The molecule has 1 N–H and O–H groups in total. The first kappa shape index (κ1) is 20.3. The number of halogens is 2. The van der Waals surface area contributed by atoms with Crippen molar-refractivity contribution in [3.05, 3.63) is 76.0 Å². The lowest BCUT2D eigenvalue weighted by Gasteiger charge is -2.34. The Hall–Kier alpha value is -3.03. The molecule has 2 aliphatic heterocycles. The number of nitrogens with zero attached hydrogens (tertiary/aromatic N) is 3. The normalized spacial score (nSPS) is 17.7. The summed E-state index contributed by atoms with van der Waals surface area (Å²) in [5.74, 6) is -0.394. The minimum absolute atomic E-state index is 0.147. The van der Waals surface area contributed by atoms with Crippen LogP contribution in [0.25, 0.3) is 0 Å². The van der Waals surface area contributed by atoms with Gasteiger partial charge in [-0.25, -0.2) is 14.6 Å². The van der Waals surface area contributed by atoms with Crippen LogP contribution >= 0.6 is 23.2 Å². The summed E-state index contributed by atoms with van der Waals surface area (Å²) in [4.78, 5) is 32.6. The minimum Gasteiger partial charge on any atom is -0.402 e. The number of esters is 1. The van der Waals surface area contributed by atoms with Crippen LogP contribution in [0.3, 0.4) is 0 Å². The Labute approximate surface area is 183 Å². The molecule has 2 aromatic rings. The van der Waals surface area contributed by atoms with Crippen LogP contribution in [0, 0.1) is 0 Å². The number of nitrogens with one attached hydrogen (secondary N) is 1. The van der Waals surface area contributed by atoms with Gasteiger partial charge in [0.25, 0.3) is 0 Å². The summed E-state index contributed by atoms with van der Waals surface area (Å²) in [6, 6.07) is 14.0. The van der Waals surface area contributed by atoms with Gasteiger partial charge in [0.05, 0.1) is 10.6 Å². The van der Waals surface area contributed by atoms with Gasteiger partial charge in [-0.2, -0.15) is 0 Å². The van der Waals surface area contributed by atoms with Crippen LogP contribution < -0.4 is 5.32 Å². The SMILES string of the molecule is O=C1OC(c2ccc(Cl)cc2Cl)=NC1=CN1CCN(C(=O)Nc2ccccc2)CC1. The molecule has 2 heterocycles.